The first-order chi connectivity index (χ1) is 13.9. The number of nitrogens with one attached hydrogen (secondary N) is 1. The van der Waals surface area contributed by atoms with Crippen LogP contribution in [0.5, 0.6) is 5.75 Å². The van der Waals surface area contributed by atoms with Gasteiger partial charge in [0.1, 0.15) is 5.75 Å². The second-order valence-corrected chi connectivity index (χ2v) is 7.04. The summed E-state index contributed by atoms with van der Waals surface area (Å²) in [4.78, 5) is 27.9. The van der Waals surface area contributed by atoms with E-state index in [1.165, 1.54) is 4.90 Å². The SMILES string of the molecule is CCCCN(CC)c1ccc(C(=O)Nc2ccc(OCC(=O)N(C)C)cc2)cc1. The van der Waals surface area contributed by atoms with Crippen molar-refractivity contribution in [1.29, 1.82) is 0 Å². The Labute approximate surface area is 173 Å². The number of benzene rings is 2. The van der Waals surface area contributed by atoms with Gasteiger partial charge in [-0.05, 0) is 61.9 Å². The molecule has 6 heteroatoms. The number of carbonyl (C=O) groups is 2. The predicted molar refractivity (Wildman–Crippen MR) is 118 cm³/mol. The lowest BCUT2D eigenvalue weighted by atomic mass is 10.1. The molecule has 29 heavy (non-hydrogen) atoms. The maximum absolute atomic E-state index is 12.5. The Morgan fingerprint density at radius 3 is 2.17 bits per heavy atom. The number of hydrogen-bond acceptors (Lipinski definition) is 4. The first kappa shape index (κ1) is 22.3. The molecule has 2 aromatic carbocycles. The van der Waals surface area contributed by atoms with Crippen molar-refractivity contribution in [3.05, 3.63) is 54.1 Å². The third kappa shape index (κ3) is 6.82. The number of carbonyl (C=O) groups excluding carboxylic acids is 2. The number of likely N-dealkylation sites (N-methyl/N-ethyl adjacent to an activating group) is 1. The maximum Gasteiger partial charge on any atom is 0.259 e. The van der Waals surface area contributed by atoms with Gasteiger partial charge in [0.2, 0.25) is 0 Å². The summed E-state index contributed by atoms with van der Waals surface area (Å²) in [6.07, 6.45) is 2.31. The molecule has 0 spiro atoms. The van der Waals surface area contributed by atoms with E-state index in [1.807, 2.05) is 24.3 Å². The number of hydrogen-bond donors (Lipinski definition) is 1. The van der Waals surface area contributed by atoms with E-state index in [9.17, 15) is 9.59 Å². The molecular formula is C23H31N3O3. The average Bonchev–Trinajstić information content (AvgIpc) is 2.73. The van der Waals surface area contributed by atoms with E-state index >= 15 is 0 Å². The zero-order chi connectivity index (χ0) is 21.2. The highest BCUT2D eigenvalue weighted by atomic mass is 16.5. The largest absolute Gasteiger partial charge is 0.484 e. The van der Waals surface area contributed by atoms with Gasteiger partial charge in [-0.1, -0.05) is 13.3 Å². The summed E-state index contributed by atoms with van der Waals surface area (Å²) in [5.41, 5.74) is 2.41. The van der Waals surface area contributed by atoms with Gasteiger partial charge in [-0.2, -0.15) is 0 Å². The summed E-state index contributed by atoms with van der Waals surface area (Å²) < 4.78 is 5.44. The quantitative estimate of drug-likeness (QED) is 0.657. The first-order valence-electron chi connectivity index (χ1n) is 10.0. The Morgan fingerprint density at radius 2 is 1.62 bits per heavy atom. The van der Waals surface area contributed by atoms with Gasteiger partial charge < -0.3 is 19.9 Å². The fraction of sp³-hybridized carbons (Fsp3) is 0.391. The lowest BCUT2D eigenvalue weighted by molar-refractivity contribution is -0.130. The number of ether oxygens (including phenoxy) is 1. The molecule has 0 aromatic heterocycles. The van der Waals surface area contributed by atoms with Gasteiger partial charge >= 0.3 is 0 Å². The number of nitrogens with zero attached hydrogens (tertiary/aromatic N) is 2. The molecule has 0 fully saturated rings. The lowest BCUT2D eigenvalue weighted by Gasteiger charge is -2.23. The monoisotopic (exact) mass is 397 g/mol. The molecule has 0 aliphatic heterocycles. The third-order valence-corrected chi connectivity index (χ3v) is 4.63. The molecule has 0 aliphatic carbocycles. The molecule has 0 unspecified atom stereocenters. The van der Waals surface area contributed by atoms with Gasteiger partial charge in [0.15, 0.2) is 6.61 Å². The topological polar surface area (TPSA) is 61.9 Å². The third-order valence-electron chi connectivity index (χ3n) is 4.63. The van der Waals surface area contributed by atoms with Crippen molar-refractivity contribution < 1.29 is 14.3 Å². The molecule has 156 valence electrons. The molecule has 0 aliphatic rings. The summed E-state index contributed by atoms with van der Waals surface area (Å²) in [6.45, 7) is 6.27. The molecule has 2 rings (SSSR count). The highest BCUT2D eigenvalue weighted by Crippen LogP contribution is 2.19. The normalized spacial score (nSPS) is 10.3. The molecule has 1 N–H and O–H groups in total. The summed E-state index contributed by atoms with van der Waals surface area (Å²) >= 11 is 0. The van der Waals surface area contributed by atoms with Gasteiger partial charge in [-0.25, -0.2) is 0 Å². The average molecular weight is 398 g/mol. The van der Waals surface area contributed by atoms with Crippen LogP contribution in [0.15, 0.2) is 48.5 Å². The molecule has 2 aromatic rings. The molecule has 6 nitrogen and oxygen atoms in total. The number of rotatable bonds is 10. The predicted octanol–water partition coefficient (Wildman–Crippen LogP) is 4.03. The maximum atomic E-state index is 12.5. The van der Waals surface area contributed by atoms with Crippen LogP contribution in [0.25, 0.3) is 0 Å². The summed E-state index contributed by atoms with van der Waals surface area (Å²) in [5, 5.41) is 2.88. The molecule has 0 atom stereocenters. The van der Waals surface area contributed by atoms with Crippen LogP contribution in [0.4, 0.5) is 11.4 Å². The fourth-order valence-electron chi connectivity index (χ4n) is 2.75. The van der Waals surface area contributed by atoms with Gasteiger partial charge in [0, 0.05) is 44.1 Å². The zero-order valence-corrected chi connectivity index (χ0v) is 17.8. The number of unbranched alkanes of at least 4 members (excludes halogenated alkanes) is 1. The standard InChI is InChI=1S/C23H31N3O3/c1-5-7-16-26(6-2)20-12-8-18(9-13-20)23(28)24-19-10-14-21(15-11-19)29-17-22(27)25(3)4/h8-15H,5-7,16-17H2,1-4H3,(H,24,28). The van der Waals surface area contributed by atoms with Gasteiger partial charge in [-0.3, -0.25) is 9.59 Å². The molecule has 0 heterocycles. The van der Waals surface area contributed by atoms with Crippen LogP contribution < -0.4 is 15.0 Å². The Balaban J connectivity index is 1.93. The van der Waals surface area contributed by atoms with Crippen molar-refractivity contribution >= 4 is 23.2 Å². The zero-order valence-electron chi connectivity index (χ0n) is 17.8. The van der Waals surface area contributed by atoms with E-state index in [0.717, 1.165) is 31.6 Å². The summed E-state index contributed by atoms with van der Waals surface area (Å²) in [7, 11) is 3.36. The molecular weight excluding hydrogens is 366 g/mol. The fourth-order valence-corrected chi connectivity index (χ4v) is 2.75. The molecule has 0 saturated carbocycles. The van der Waals surface area contributed by atoms with Crippen LogP contribution in [0.2, 0.25) is 0 Å². The Bertz CT molecular complexity index is 786. The van der Waals surface area contributed by atoms with Crippen LogP contribution in [0, 0.1) is 0 Å². The number of anilines is 2. The van der Waals surface area contributed by atoms with Gasteiger partial charge in [0.05, 0.1) is 0 Å². The van der Waals surface area contributed by atoms with Gasteiger partial charge in [-0.15, -0.1) is 0 Å². The van der Waals surface area contributed by atoms with E-state index in [1.54, 1.807) is 38.4 Å². The van der Waals surface area contributed by atoms with Crippen molar-refractivity contribution in [3.8, 4) is 5.75 Å². The smallest absolute Gasteiger partial charge is 0.259 e. The molecule has 2 amide bonds. The molecule has 0 radical (unpaired) electrons. The van der Waals surface area contributed by atoms with Crippen LogP contribution in [-0.2, 0) is 4.79 Å². The van der Waals surface area contributed by atoms with E-state index < -0.39 is 0 Å². The van der Waals surface area contributed by atoms with E-state index in [4.69, 9.17) is 4.74 Å². The summed E-state index contributed by atoms with van der Waals surface area (Å²) in [6, 6.07) is 14.7. The molecule has 0 saturated heterocycles. The second-order valence-electron chi connectivity index (χ2n) is 7.04. The summed E-state index contributed by atoms with van der Waals surface area (Å²) in [5.74, 6) is 0.307. The van der Waals surface area contributed by atoms with Crippen molar-refractivity contribution in [2.45, 2.75) is 26.7 Å². The first-order valence-corrected chi connectivity index (χ1v) is 10.0. The van der Waals surface area contributed by atoms with E-state index in [-0.39, 0.29) is 18.4 Å². The Kier molecular flexibility index (Phi) is 8.52. The van der Waals surface area contributed by atoms with Crippen molar-refractivity contribution in [3.63, 3.8) is 0 Å². The van der Waals surface area contributed by atoms with Crippen LogP contribution in [0.3, 0.4) is 0 Å². The van der Waals surface area contributed by atoms with Crippen molar-refractivity contribution in [2.24, 2.45) is 0 Å². The Hall–Kier alpha value is -3.02. The highest BCUT2D eigenvalue weighted by molar-refractivity contribution is 6.04. The van der Waals surface area contributed by atoms with Crippen molar-refractivity contribution in [2.75, 3.05) is 44.0 Å². The van der Waals surface area contributed by atoms with Crippen LogP contribution in [0.1, 0.15) is 37.0 Å². The lowest BCUT2D eigenvalue weighted by Crippen LogP contribution is -2.27. The van der Waals surface area contributed by atoms with Gasteiger partial charge in [0.25, 0.3) is 11.8 Å². The van der Waals surface area contributed by atoms with Crippen LogP contribution >= 0.6 is 0 Å². The highest BCUT2D eigenvalue weighted by Gasteiger charge is 2.09. The van der Waals surface area contributed by atoms with E-state index in [0.29, 0.717) is 17.0 Å². The minimum absolute atomic E-state index is 0.0158. The second kappa shape index (κ2) is 11.1. The van der Waals surface area contributed by atoms with Crippen molar-refractivity contribution in [1.82, 2.24) is 4.90 Å². The minimum atomic E-state index is -0.162. The molecule has 0 bridgehead atoms. The minimum Gasteiger partial charge on any atom is -0.484 e. The van der Waals surface area contributed by atoms with Crippen LogP contribution in [-0.4, -0.2) is 50.5 Å². The van der Waals surface area contributed by atoms with E-state index in [2.05, 4.69) is 24.1 Å². The Morgan fingerprint density at radius 1 is 0.966 bits per heavy atom. The number of amides is 2.